The fraction of sp³-hybridized carbons (Fsp3) is 0.350. The summed E-state index contributed by atoms with van der Waals surface area (Å²) in [4.78, 5) is 0. The summed E-state index contributed by atoms with van der Waals surface area (Å²) in [6.45, 7) is 11.7. The molecule has 2 aromatic rings. The molecule has 0 amide bonds. The lowest BCUT2D eigenvalue weighted by Gasteiger charge is -2.20. The molecule has 2 heteroatoms. The van der Waals surface area contributed by atoms with Gasteiger partial charge in [0.2, 0.25) is 0 Å². The molecule has 1 aliphatic heterocycles. The monoisotopic (exact) mass is 295 g/mol. The minimum absolute atomic E-state index is 0.135. The largest absolute Gasteiger partial charge is 0.488 e. The molecule has 0 saturated heterocycles. The summed E-state index contributed by atoms with van der Waals surface area (Å²) in [5.41, 5.74) is 7.53. The van der Waals surface area contributed by atoms with Crippen LogP contribution in [0, 0.1) is 27.7 Å². The number of hydrogen-bond donors (Lipinski definition) is 0. The average molecular weight is 295 g/mol. The molecule has 0 aliphatic carbocycles. The van der Waals surface area contributed by atoms with Crippen molar-refractivity contribution in [1.29, 1.82) is 0 Å². The number of hydrogen-bond acceptors (Lipinski definition) is 2. The van der Waals surface area contributed by atoms with Gasteiger partial charge in [-0.2, -0.15) is 0 Å². The first-order valence-electron chi connectivity index (χ1n) is 7.83. The molecule has 0 saturated carbocycles. The number of fused-ring (bicyclic) bond motifs is 1. The first kappa shape index (κ1) is 15.1. The first-order chi connectivity index (χ1) is 10.6. The Hall–Kier alpha value is -1.80. The molecule has 22 heavy (non-hydrogen) atoms. The molecule has 0 spiro atoms. The van der Waals surface area contributed by atoms with E-state index in [0.29, 0.717) is 13.2 Å². The van der Waals surface area contributed by atoms with E-state index in [4.69, 9.17) is 9.47 Å². The van der Waals surface area contributed by atoms with Gasteiger partial charge in [0.1, 0.15) is 12.4 Å². The van der Waals surface area contributed by atoms with Crippen LogP contribution in [0.2, 0.25) is 0 Å². The van der Waals surface area contributed by atoms with E-state index in [-0.39, 0.29) is 6.10 Å². The van der Waals surface area contributed by atoms with E-state index in [0.717, 1.165) is 12.2 Å². The standard InChI is InChI=1S/C20H23O2/c1-5-18-19-13(2)14(3)20(15(4)17(19)12-21-18)22-11-16-9-7-6-8-10-16/h6-10,18H,1,5,11-12H2,2-4H3. The predicted molar refractivity (Wildman–Crippen MR) is 88.9 cm³/mol. The van der Waals surface area contributed by atoms with Crippen LogP contribution in [0.5, 0.6) is 5.75 Å². The predicted octanol–water partition coefficient (Wildman–Crippen LogP) is 4.99. The van der Waals surface area contributed by atoms with E-state index >= 15 is 0 Å². The van der Waals surface area contributed by atoms with Crippen molar-refractivity contribution >= 4 is 0 Å². The van der Waals surface area contributed by atoms with Gasteiger partial charge in [-0.3, -0.25) is 0 Å². The molecule has 1 aliphatic rings. The van der Waals surface area contributed by atoms with E-state index in [9.17, 15) is 0 Å². The lowest BCUT2D eigenvalue weighted by molar-refractivity contribution is 0.0675. The molecule has 1 atom stereocenters. The number of benzene rings is 2. The molecule has 1 radical (unpaired) electrons. The summed E-state index contributed by atoms with van der Waals surface area (Å²) < 4.78 is 12.0. The normalized spacial score (nSPS) is 16.6. The van der Waals surface area contributed by atoms with E-state index < -0.39 is 0 Å². The van der Waals surface area contributed by atoms with Gasteiger partial charge in [0.15, 0.2) is 0 Å². The highest BCUT2D eigenvalue weighted by Crippen LogP contribution is 2.43. The molecule has 1 heterocycles. The lowest BCUT2D eigenvalue weighted by Crippen LogP contribution is -2.05. The quantitative estimate of drug-likeness (QED) is 0.791. The molecule has 2 aromatic carbocycles. The molecular formula is C20H23O2. The summed E-state index contributed by atoms with van der Waals surface area (Å²) in [7, 11) is 0. The van der Waals surface area contributed by atoms with Crippen LogP contribution in [-0.4, -0.2) is 0 Å². The van der Waals surface area contributed by atoms with Crippen LogP contribution in [0.15, 0.2) is 30.3 Å². The summed E-state index contributed by atoms with van der Waals surface area (Å²) in [6, 6.07) is 10.3. The topological polar surface area (TPSA) is 18.5 Å². The summed E-state index contributed by atoms with van der Waals surface area (Å²) in [5, 5.41) is 0. The Balaban J connectivity index is 1.94. The minimum atomic E-state index is 0.135. The van der Waals surface area contributed by atoms with Crippen molar-refractivity contribution in [2.75, 3.05) is 0 Å². The molecule has 0 aromatic heterocycles. The van der Waals surface area contributed by atoms with E-state index in [1.807, 2.05) is 18.2 Å². The molecule has 0 bridgehead atoms. The van der Waals surface area contributed by atoms with Gasteiger partial charge in [0.05, 0.1) is 12.7 Å². The summed E-state index contributed by atoms with van der Waals surface area (Å²) in [5.74, 6) is 1.01. The van der Waals surface area contributed by atoms with Gasteiger partial charge in [0.25, 0.3) is 0 Å². The van der Waals surface area contributed by atoms with Crippen molar-refractivity contribution in [2.24, 2.45) is 0 Å². The van der Waals surface area contributed by atoms with Gasteiger partial charge in [-0.1, -0.05) is 37.3 Å². The second-order valence-electron chi connectivity index (χ2n) is 5.96. The fourth-order valence-corrected chi connectivity index (χ4v) is 3.28. The van der Waals surface area contributed by atoms with Crippen LogP contribution in [0.3, 0.4) is 0 Å². The molecule has 0 fully saturated rings. The molecular weight excluding hydrogens is 272 g/mol. The third kappa shape index (κ3) is 2.52. The minimum Gasteiger partial charge on any atom is -0.488 e. The Bertz CT molecular complexity index is 674. The average Bonchev–Trinajstić information content (AvgIpc) is 2.98. The Morgan fingerprint density at radius 3 is 2.50 bits per heavy atom. The second kappa shape index (κ2) is 6.13. The van der Waals surface area contributed by atoms with Crippen LogP contribution in [0.4, 0.5) is 0 Å². The maximum atomic E-state index is 6.16. The van der Waals surface area contributed by atoms with Gasteiger partial charge in [0, 0.05) is 0 Å². The van der Waals surface area contributed by atoms with Crippen LogP contribution in [0.25, 0.3) is 0 Å². The van der Waals surface area contributed by atoms with E-state index in [2.05, 4.69) is 39.8 Å². The Morgan fingerprint density at radius 1 is 1.09 bits per heavy atom. The van der Waals surface area contributed by atoms with E-state index in [1.165, 1.54) is 33.4 Å². The van der Waals surface area contributed by atoms with Gasteiger partial charge in [-0.25, -0.2) is 0 Å². The molecule has 2 nitrogen and oxygen atoms in total. The Labute approximate surface area is 133 Å². The third-order valence-corrected chi connectivity index (χ3v) is 4.66. The smallest absolute Gasteiger partial charge is 0.126 e. The first-order valence-corrected chi connectivity index (χ1v) is 7.83. The third-order valence-electron chi connectivity index (χ3n) is 4.66. The van der Waals surface area contributed by atoms with Crippen molar-refractivity contribution in [2.45, 2.75) is 46.5 Å². The Morgan fingerprint density at radius 2 is 1.82 bits per heavy atom. The van der Waals surface area contributed by atoms with Crippen molar-refractivity contribution in [3.8, 4) is 5.75 Å². The van der Waals surface area contributed by atoms with Gasteiger partial charge in [-0.05, 0) is 60.6 Å². The van der Waals surface area contributed by atoms with Crippen LogP contribution in [0.1, 0.15) is 45.9 Å². The maximum Gasteiger partial charge on any atom is 0.126 e. The summed E-state index contributed by atoms with van der Waals surface area (Å²) >= 11 is 0. The van der Waals surface area contributed by atoms with Crippen molar-refractivity contribution in [3.05, 3.63) is 70.6 Å². The number of rotatable bonds is 4. The second-order valence-corrected chi connectivity index (χ2v) is 5.96. The maximum absolute atomic E-state index is 6.16. The van der Waals surface area contributed by atoms with Crippen LogP contribution < -0.4 is 4.74 Å². The van der Waals surface area contributed by atoms with Gasteiger partial charge in [-0.15, -0.1) is 0 Å². The molecule has 3 rings (SSSR count). The van der Waals surface area contributed by atoms with Gasteiger partial charge < -0.3 is 9.47 Å². The summed E-state index contributed by atoms with van der Waals surface area (Å²) in [6.07, 6.45) is 0.910. The molecule has 1 unspecified atom stereocenters. The zero-order valence-corrected chi connectivity index (χ0v) is 13.6. The lowest BCUT2D eigenvalue weighted by atomic mass is 9.90. The van der Waals surface area contributed by atoms with Crippen molar-refractivity contribution in [1.82, 2.24) is 0 Å². The zero-order chi connectivity index (χ0) is 15.7. The Kier molecular flexibility index (Phi) is 4.21. The van der Waals surface area contributed by atoms with Crippen molar-refractivity contribution in [3.63, 3.8) is 0 Å². The highest BCUT2D eigenvalue weighted by molar-refractivity contribution is 5.56. The SMILES string of the molecule is [CH2]CC1OCc2c(C)c(OCc3ccccc3)c(C)c(C)c21. The fourth-order valence-electron chi connectivity index (χ4n) is 3.28. The molecule has 0 N–H and O–H groups in total. The zero-order valence-electron chi connectivity index (χ0n) is 13.6. The van der Waals surface area contributed by atoms with Crippen molar-refractivity contribution < 1.29 is 9.47 Å². The number of ether oxygens (including phenoxy) is 2. The van der Waals surface area contributed by atoms with Gasteiger partial charge >= 0.3 is 0 Å². The van der Waals surface area contributed by atoms with Crippen LogP contribution >= 0.6 is 0 Å². The van der Waals surface area contributed by atoms with Crippen LogP contribution in [-0.2, 0) is 18.0 Å². The highest BCUT2D eigenvalue weighted by atomic mass is 16.5. The highest BCUT2D eigenvalue weighted by Gasteiger charge is 2.28. The molecule has 115 valence electrons. The van der Waals surface area contributed by atoms with E-state index in [1.54, 1.807) is 0 Å².